The fourth-order valence-electron chi connectivity index (χ4n) is 4.86. The summed E-state index contributed by atoms with van der Waals surface area (Å²) in [6, 6.07) is 2.11. The first-order valence-electron chi connectivity index (χ1n) is 12.3. The largest absolute Gasteiger partial charge is 0.356 e. The van der Waals surface area contributed by atoms with Gasteiger partial charge < -0.3 is 14.8 Å². The summed E-state index contributed by atoms with van der Waals surface area (Å²) in [4.78, 5) is 32.5. The van der Waals surface area contributed by atoms with Crippen molar-refractivity contribution in [2.45, 2.75) is 73.3 Å². The molecule has 184 valence electrons. The van der Waals surface area contributed by atoms with Crippen molar-refractivity contribution in [3.05, 3.63) is 34.7 Å². The highest BCUT2D eigenvalue weighted by molar-refractivity contribution is 5.89. The lowest BCUT2D eigenvalue weighted by Gasteiger charge is -2.29. The molecule has 2 N–H and O–H groups in total. The molecule has 3 heterocycles. The predicted molar refractivity (Wildman–Crippen MR) is 135 cm³/mol. The lowest BCUT2D eigenvalue weighted by molar-refractivity contribution is -0.141. The number of hydrogen-bond acceptors (Lipinski definition) is 3. The lowest BCUT2D eigenvalue weighted by atomic mass is 9.88. The van der Waals surface area contributed by atoms with Crippen molar-refractivity contribution in [2.24, 2.45) is 10.8 Å². The van der Waals surface area contributed by atoms with Gasteiger partial charge in [-0.25, -0.2) is 0 Å². The average Bonchev–Trinajstić information content (AvgIpc) is 3.42. The summed E-state index contributed by atoms with van der Waals surface area (Å²) in [5.74, 6) is 0.0459. The molecule has 7 nitrogen and oxygen atoms in total. The number of likely N-dealkylation sites (N-methyl/N-ethyl adjacent to an activating group) is 1. The van der Waals surface area contributed by atoms with Crippen LogP contribution in [0.25, 0.3) is 17.5 Å². The summed E-state index contributed by atoms with van der Waals surface area (Å²) < 4.78 is 0. The minimum atomic E-state index is -0.366. The SMILES string of the molecule is Cc1[nH]nc(-c2cc3c([nH]2)CC(N(C)C(=O)CN2CCC(C)(C)C2=O)C=C3)c1CCC(C)(C)C. The summed E-state index contributed by atoms with van der Waals surface area (Å²) >= 11 is 0. The maximum Gasteiger partial charge on any atom is 0.242 e. The van der Waals surface area contributed by atoms with Gasteiger partial charge in [0.15, 0.2) is 0 Å². The Hall–Kier alpha value is -2.83. The highest BCUT2D eigenvalue weighted by Gasteiger charge is 2.39. The Morgan fingerprint density at radius 3 is 2.71 bits per heavy atom. The Morgan fingerprint density at radius 1 is 1.32 bits per heavy atom. The van der Waals surface area contributed by atoms with Crippen molar-refractivity contribution in [3.8, 4) is 11.4 Å². The van der Waals surface area contributed by atoms with Gasteiger partial charge in [-0.05, 0) is 43.2 Å². The molecule has 4 rings (SSSR count). The number of rotatable bonds is 6. The minimum Gasteiger partial charge on any atom is -0.356 e. The van der Waals surface area contributed by atoms with E-state index in [0.29, 0.717) is 13.0 Å². The highest BCUT2D eigenvalue weighted by Crippen LogP contribution is 2.33. The van der Waals surface area contributed by atoms with Gasteiger partial charge in [0.2, 0.25) is 11.8 Å². The van der Waals surface area contributed by atoms with Crippen molar-refractivity contribution >= 4 is 17.9 Å². The second-order valence-electron chi connectivity index (χ2n) is 11.8. The van der Waals surface area contributed by atoms with Gasteiger partial charge in [0.05, 0.1) is 18.3 Å². The van der Waals surface area contributed by atoms with Gasteiger partial charge in [-0.3, -0.25) is 14.7 Å². The Balaban J connectivity index is 1.45. The van der Waals surface area contributed by atoms with E-state index in [2.05, 4.69) is 61.1 Å². The molecular formula is C27H39N5O2. The van der Waals surface area contributed by atoms with Gasteiger partial charge in [0.1, 0.15) is 5.69 Å². The van der Waals surface area contributed by atoms with Crippen molar-refractivity contribution in [3.63, 3.8) is 0 Å². The first-order valence-corrected chi connectivity index (χ1v) is 12.3. The second kappa shape index (κ2) is 8.75. The van der Waals surface area contributed by atoms with Crippen LogP contribution in [0.15, 0.2) is 12.1 Å². The van der Waals surface area contributed by atoms with E-state index in [1.165, 1.54) is 5.56 Å². The number of aromatic nitrogens is 3. The smallest absolute Gasteiger partial charge is 0.242 e. The zero-order valence-electron chi connectivity index (χ0n) is 21.7. The van der Waals surface area contributed by atoms with Crippen LogP contribution in [-0.2, 0) is 22.4 Å². The number of likely N-dealkylation sites (tertiary alicyclic amines) is 1. The predicted octanol–water partition coefficient (Wildman–Crippen LogP) is 4.35. The van der Waals surface area contributed by atoms with Crippen LogP contribution >= 0.6 is 0 Å². The van der Waals surface area contributed by atoms with E-state index in [4.69, 9.17) is 0 Å². The summed E-state index contributed by atoms with van der Waals surface area (Å²) in [6.07, 6.45) is 7.76. The lowest BCUT2D eigenvalue weighted by Crippen LogP contribution is -2.45. The van der Waals surface area contributed by atoms with E-state index in [1.54, 1.807) is 9.80 Å². The van der Waals surface area contributed by atoms with Crippen LogP contribution in [0.3, 0.4) is 0 Å². The van der Waals surface area contributed by atoms with Crippen LogP contribution in [0.1, 0.15) is 70.0 Å². The average molecular weight is 466 g/mol. The molecule has 1 aliphatic carbocycles. The standard InChI is InChI=1S/C27H39N5O2/c1-17-20(10-11-26(2,3)4)24(30-29-17)22-14-18-8-9-19(15-21(18)28-22)31(7)23(33)16-32-13-12-27(5,6)25(32)34/h8-9,14,19,28H,10-13,15-16H2,1-7H3,(H,29,30). The molecule has 34 heavy (non-hydrogen) atoms. The Bertz CT molecular complexity index is 1110. The monoisotopic (exact) mass is 465 g/mol. The van der Waals surface area contributed by atoms with E-state index < -0.39 is 0 Å². The topological polar surface area (TPSA) is 85.1 Å². The minimum absolute atomic E-state index is 0.0247. The summed E-state index contributed by atoms with van der Waals surface area (Å²) in [5.41, 5.74) is 6.54. The number of amides is 2. The fourth-order valence-corrected chi connectivity index (χ4v) is 4.86. The van der Waals surface area contributed by atoms with Gasteiger partial charge in [-0.2, -0.15) is 5.10 Å². The third-order valence-electron chi connectivity index (χ3n) is 7.39. The molecule has 2 aliphatic rings. The molecule has 7 heteroatoms. The number of aromatic amines is 2. The Morgan fingerprint density at radius 2 is 2.06 bits per heavy atom. The molecular weight excluding hydrogens is 426 g/mol. The van der Waals surface area contributed by atoms with Crippen LogP contribution in [0, 0.1) is 17.8 Å². The van der Waals surface area contributed by atoms with Crippen molar-refractivity contribution in [2.75, 3.05) is 20.1 Å². The first kappa shape index (κ1) is 24.3. The van der Waals surface area contributed by atoms with E-state index in [0.717, 1.165) is 47.6 Å². The number of nitrogens with zero attached hydrogens (tertiary/aromatic N) is 3. The van der Waals surface area contributed by atoms with Gasteiger partial charge in [0, 0.05) is 42.4 Å². The molecule has 1 saturated heterocycles. The number of carbonyl (C=O) groups excluding carboxylic acids is 2. The quantitative estimate of drug-likeness (QED) is 0.665. The Labute approximate surface area is 203 Å². The molecule has 2 aromatic heterocycles. The number of nitrogens with one attached hydrogen (secondary N) is 2. The molecule has 1 unspecified atom stereocenters. The third-order valence-corrected chi connectivity index (χ3v) is 7.39. The first-order chi connectivity index (χ1) is 15.9. The van der Waals surface area contributed by atoms with Crippen LogP contribution in [0.5, 0.6) is 0 Å². The van der Waals surface area contributed by atoms with Crippen molar-refractivity contribution < 1.29 is 9.59 Å². The molecule has 0 spiro atoms. The van der Waals surface area contributed by atoms with Crippen molar-refractivity contribution in [1.82, 2.24) is 25.0 Å². The number of hydrogen-bond donors (Lipinski definition) is 2. The van der Waals surface area contributed by atoms with Gasteiger partial charge in [0.25, 0.3) is 0 Å². The van der Waals surface area contributed by atoms with Gasteiger partial charge in [-0.1, -0.05) is 46.8 Å². The summed E-state index contributed by atoms with van der Waals surface area (Å²) in [7, 11) is 1.83. The number of H-pyrrole nitrogens is 2. The van der Waals surface area contributed by atoms with Crippen LogP contribution < -0.4 is 0 Å². The van der Waals surface area contributed by atoms with E-state index >= 15 is 0 Å². The molecule has 1 atom stereocenters. The van der Waals surface area contributed by atoms with Crippen molar-refractivity contribution in [1.29, 1.82) is 0 Å². The molecule has 1 aliphatic heterocycles. The molecule has 0 aromatic carbocycles. The molecule has 0 saturated carbocycles. The summed E-state index contributed by atoms with van der Waals surface area (Å²) in [5, 5.41) is 7.77. The number of fused-ring (bicyclic) bond motifs is 1. The van der Waals surface area contributed by atoms with Gasteiger partial charge >= 0.3 is 0 Å². The maximum absolute atomic E-state index is 13.0. The fraction of sp³-hybridized carbons (Fsp3) is 0.593. The third kappa shape index (κ3) is 4.84. The molecule has 0 radical (unpaired) electrons. The Kier molecular flexibility index (Phi) is 6.25. The molecule has 2 aromatic rings. The number of aryl methyl sites for hydroxylation is 1. The van der Waals surface area contributed by atoms with Gasteiger partial charge in [-0.15, -0.1) is 0 Å². The second-order valence-corrected chi connectivity index (χ2v) is 11.8. The van der Waals surface area contributed by atoms with Crippen LogP contribution in [0.4, 0.5) is 0 Å². The van der Waals surface area contributed by atoms with E-state index in [-0.39, 0.29) is 35.2 Å². The zero-order chi connectivity index (χ0) is 24.8. The molecule has 1 fully saturated rings. The molecule has 0 bridgehead atoms. The number of carbonyl (C=O) groups is 2. The highest BCUT2D eigenvalue weighted by atomic mass is 16.2. The molecule has 2 amide bonds. The van der Waals surface area contributed by atoms with Crippen LogP contribution in [-0.4, -0.2) is 63.0 Å². The normalized spacial score (nSPS) is 19.6. The van der Waals surface area contributed by atoms with E-state index in [9.17, 15) is 9.59 Å². The van der Waals surface area contributed by atoms with Crippen LogP contribution in [0.2, 0.25) is 0 Å². The zero-order valence-corrected chi connectivity index (χ0v) is 21.7. The van der Waals surface area contributed by atoms with E-state index in [1.807, 2.05) is 20.9 Å². The summed E-state index contributed by atoms with van der Waals surface area (Å²) in [6.45, 7) is 13.6. The maximum atomic E-state index is 13.0.